The summed E-state index contributed by atoms with van der Waals surface area (Å²) in [6.45, 7) is 3.74. The molecule has 132 valence electrons. The van der Waals surface area contributed by atoms with E-state index >= 15 is 0 Å². The van der Waals surface area contributed by atoms with E-state index in [1.54, 1.807) is 12.1 Å². The van der Waals surface area contributed by atoms with E-state index in [1.807, 2.05) is 6.07 Å². The average Bonchev–Trinajstić information content (AvgIpc) is 2.92. The van der Waals surface area contributed by atoms with Crippen molar-refractivity contribution in [3.8, 4) is 11.5 Å². The van der Waals surface area contributed by atoms with E-state index in [4.69, 9.17) is 4.74 Å². The summed E-state index contributed by atoms with van der Waals surface area (Å²) < 4.78 is 36.8. The number of alkyl halides is 2. The van der Waals surface area contributed by atoms with E-state index < -0.39 is 6.29 Å². The summed E-state index contributed by atoms with van der Waals surface area (Å²) in [5.74, 6) is 0.881. The molecule has 1 N–H and O–H groups in total. The minimum Gasteiger partial charge on any atom is -0.395 e. The number of hydrogen-bond acceptors (Lipinski definition) is 4. The number of para-hydroxylation sites is 1. The molecule has 2 aliphatic heterocycles. The SMILES string of the molecule is FC1(F)Oc2cccc([C@H](C3CCCCC3)N3CCNCC3)c2O1. The highest BCUT2D eigenvalue weighted by atomic mass is 19.3. The molecule has 1 aliphatic carbocycles. The summed E-state index contributed by atoms with van der Waals surface area (Å²) in [5.41, 5.74) is 0.860. The predicted molar refractivity (Wildman–Crippen MR) is 86.4 cm³/mol. The lowest BCUT2D eigenvalue weighted by Gasteiger charge is -2.41. The van der Waals surface area contributed by atoms with Crippen LogP contribution in [-0.4, -0.2) is 37.4 Å². The highest BCUT2D eigenvalue weighted by Crippen LogP contribution is 2.49. The van der Waals surface area contributed by atoms with E-state index in [9.17, 15) is 8.78 Å². The van der Waals surface area contributed by atoms with Crippen LogP contribution in [-0.2, 0) is 0 Å². The van der Waals surface area contributed by atoms with Crippen LogP contribution >= 0.6 is 0 Å². The van der Waals surface area contributed by atoms with Gasteiger partial charge >= 0.3 is 6.29 Å². The average molecular weight is 338 g/mol. The van der Waals surface area contributed by atoms with Crippen LogP contribution < -0.4 is 14.8 Å². The topological polar surface area (TPSA) is 33.7 Å². The van der Waals surface area contributed by atoms with Crippen LogP contribution in [0.25, 0.3) is 0 Å². The summed E-state index contributed by atoms with van der Waals surface area (Å²) in [7, 11) is 0. The van der Waals surface area contributed by atoms with Gasteiger partial charge in [0.2, 0.25) is 0 Å². The van der Waals surface area contributed by atoms with Crippen LogP contribution in [0.2, 0.25) is 0 Å². The number of ether oxygens (including phenoxy) is 2. The molecule has 0 aromatic heterocycles. The number of rotatable bonds is 3. The standard InChI is InChI=1S/C18H24F2N2O2/c19-18(20)23-15-8-4-7-14(17(15)24-18)16(13-5-2-1-3-6-13)22-11-9-21-10-12-22/h4,7-8,13,16,21H,1-3,5-6,9-12H2/t16-/m0/s1. The second kappa shape index (κ2) is 6.48. The zero-order chi connectivity index (χ0) is 16.6. The van der Waals surface area contributed by atoms with Crippen molar-refractivity contribution in [3.05, 3.63) is 23.8 Å². The molecule has 1 atom stereocenters. The van der Waals surface area contributed by atoms with E-state index in [0.717, 1.165) is 44.6 Å². The lowest BCUT2D eigenvalue weighted by atomic mass is 9.80. The van der Waals surface area contributed by atoms with Crippen LogP contribution in [0.3, 0.4) is 0 Å². The van der Waals surface area contributed by atoms with Gasteiger partial charge in [0.15, 0.2) is 11.5 Å². The molecular formula is C18H24F2N2O2. The predicted octanol–water partition coefficient (Wildman–Crippen LogP) is 3.53. The molecule has 6 heteroatoms. The summed E-state index contributed by atoms with van der Waals surface area (Å²) in [6.07, 6.45) is 2.45. The maximum absolute atomic E-state index is 13.6. The first-order valence-corrected chi connectivity index (χ1v) is 8.97. The van der Waals surface area contributed by atoms with E-state index in [2.05, 4.69) is 15.0 Å². The van der Waals surface area contributed by atoms with Gasteiger partial charge in [0.05, 0.1) is 0 Å². The first kappa shape index (κ1) is 16.1. The third-order valence-electron chi connectivity index (χ3n) is 5.42. The molecule has 1 saturated carbocycles. The van der Waals surface area contributed by atoms with Gasteiger partial charge in [0.1, 0.15) is 0 Å². The number of halogens is 2. The fourth-order valence-corrected chi connectivity index (χ4v) is 4.38. The molecule has 2 fully saturated rings. The van der Waals surface area contributed by atoms with Gasteiger partial charge < -0.3 is 14.8 Å². The molecule has 24 heavy (non-hydrogen) atoms. The van der Waals surface area contributed by atoms with Gasteiger partial charge in [-0.1, -0.05) is 31.4 Å². The van der Waals surface area contributed by atoms with Crippen molar-refractivity contribution in [2.24, 2.45) is 5.92 Å². The van der Waals surface area contributed by atoms with Crippen molar-refractivity contribution in [1.29, 1.82) is 0 Å². The van der Waals surface area contributed by atoms with E-state index in [-0.39, 0.29) is 17.5 Å². The maximum Gasteiger partial charge on any atom is 0.586 e. The van der Waals surface area contributed by atoms with Crippen molar-refractivity contribution in [2.45, 2.75) is 44.4 Å². The fourth-order valence-electron chi connectivity index (χ4n) is 4.38. The molecular weight excluding hydrogens is 314 g/mol. The zero-order valence-corrected chi connectivity index (χ0v) is 13.8. The number of fused-ring (bicyclic) bond motifs is 1. The van der Waals surface area contributed by atoms with Crippen LogP contribution in [0.15, 0.2) is 18.2 Å². The van der Waals surface area contributed by atoms with Gasteiger partial charge in [-0.2, -0.15) is 0 Å². The highest BCUT2D eigenvalue weighted by Gasteiger charge is 2.46. The molecule has 2 heterocycles. The lowest BCUT2D eigenvalue weighted by molar-refractivity contribution is -0.287. The van der Waals surface area contributed by atoms with Gasteiger partial charge in [-0.3, -0.25) is 4.90 Å². The Bertz CT molecular complexity index is 566. The van der Waals surface area contributed by atoms with Crippen LogP contribution in [0.4, 0.5) is 8.78 Å². The third kappa shape index (κ3) is 3.09. The summed E-state index contributed by atoms with van der Waals surface area (Å²) in [4.78, 5) is 2.43. The quantitative estimate of drug-likeness (QED) is 0.914. The van der Waals surface area contributed by atoms with Crippen molar-refractivity contribution < 1.29 is 18.3 Å². The van der Waals surface area contributed by atoms with Crippen LogP contribution in [0.5, 0.6) is 11.5 Å². The van der Waals surface area contributed by atoms with Gasteiger partial charge in [0, 0.05) is 37.8 Å². The molecule has 4 rings (SSSR count). The first-order valence-electron chi connectivity index (χ1n) is 8.97. The van der Waals surface area contributed by atoms with E-state index in [1.165, 1.54) is 19.3 Å². The number of hydrogen-bond donors (Lipinski definition) is 1. The van der Waals surface area contributed by atoms with Crippen molar-refractivity contribution in [3.63, 3.8) is 0 Å². The second-order valence-corrected chi connectivity index (χ2v) is 6.97. The maximum atomic E-state index is 13.6. The Hall–Kier alpha value is -1.40. The smallest absolute Gasteiger partial charge is 0.395 e. The monoisotopic (exact) mass is 338 g/mol. The molecule has 0 unspecified atom stereocenters. The van der Waals surface area contributed by atoms with Crippen LogP contribution in [0, 0.1) is 5.92 Å². The Morgan fingerprint density at radius 1 is 1.08 bits per heavy atom. The fraction of sp³-hybridized carbons (Fsp3) is 0.667. The molecule has 1 aromatic carbocycles. The summed E-state index contributed by atoms with van der Waals surface area (Å²) in [6, 6.07) is 5.43. The molecule has 4 nitrogen and oxygen atoms in total. The Kier molecular flexibility index (Phi) is 4.35. The molecule has 3 aliphatic rings. The molecule has 0 amide bonds. The number of nitrogens with zero attached hydrogens (tertiary/aromatic N) is 1. The summed E-state index contributed by atoms with van der Waals surface area (Å²) in [5, 5.41) is 3.37. The minimum atomic E-state index is -3.56. The number of piperazine rings is 1. The lowest BCUT2D eigenvalue weighted by Crippen LogP contribution is -2.47. The largest absolute Gasteiger partial charge is 0.586 e. The molecule has 0 radical (unpaired) electrons. The third-order valence-corrected chi connectivity index (χ3v) is 5.42. The van der Waals surface area contributed by atoms with Crippen molar-refractivity contribution in [2.75, 3.05) is 26.2 Å². The second-order valence-electron chi connectivity index (χ2n) is 6.97. The normalized spacial score (nSPS) is 25.6. The number of nitrogens with one attached hydrogen (secondary N) is 1. The van der Waals surface area contributed by atoms with Gasteiger partial charge in [-0.15, -0.1) is 8.78 Å². The van der Waals surface area contributed by atoms with Crippen molar-refractivity contribution >= 4 is 0 Å². The first-order chi connectivity index (χ1) is 11.6. The Labute approximate surface area is 141 Å². The van der Waals surface area contributed by atoms with Gasteiger partial charge in [-0.05, 0) is 24.8 Å². The summed E-state index contributed by atoms with van der Waals surface area (Å²) >= 11 is 0. The van der Waals surface area contributed by atoms with Crippen LogP contribution in [0.1, 0.15) is 43.7 Å². The molecule has 0 bridgehead atoms. The van der Waals surface area contributed by atoms with Crippen molar-refractivity contribution in [1.82, 2.24) is 10.2 Å². The molecule has 1 aromatic rings. The Morgan fingerprint density at radius 2 is 1.83 bits per heavy atom. The Morgan fingerprint density at radius 3 is 2.58 bits per heavy atom. The minimum absolute atomic E-state index is 0.125. The van der Waals surface area contributed by atoms with E-state index in [0.29, 0.717) is 5.92 Å². The zero-order valence-electron chi connectivity index (χ0n) is 13.8. The van der Waals surface area contributed by atoms with Gasteiger partial charge in [-0.25, -0.2) is 0 Å². The highest BCUT2D eigenvalue weighted by molar-refractivity contribution is 5.50. The Balaban J connectivity index is 1.70. The molecule has 1 saturated heterocycles. The number of benzene rings is 1. The van der Waals surface area contributed by atoms with Gasteiger partial charge in [0.25, 0.3) is 0 Å². The molecule has 0 spiro atoms.